The van der Waals surface area contributed by atoms with Crippen LogP contribution in [0, 0.1) is 5.41 Å². The predicted octanol–water partition coefficient (Wildman–Crippen LogP) is -1.13. The van der Waals surface area contributed by atoms with E-state index in [4.69, 9.17) is 16.2 Å². The fourth-order valence-corrected chi connectivity index (χ4v) is 1.97. The number of β-amino-alcohol motifs (C(OH)–C–C–N with tert-alkyl or cyclic N) is 1. The molecule has 4 N–H and O–H groups in total. The van der Waals surface area contributed by atoms with Gasteiger partial charge in [-0.2, -0.15) is 0 Å². The molecule has 2 rings (SSSR count). The number of anilines is 1. The highest BCUT2D eigenvalue weighted by Gasteiger charge is 2.17. The Balaban J connectivity index is 1.95. The predicted molar refractivity (Wildman–Crippen MR) is 68.8 cm³/mol. The van der Waals surface area contributed by atoms with E-state index >= 15 is 0 Å². The molecule has 1 aliphatic rings. The van der Waals surface area contributed by atoms with Gasteiger partial charge in [0.15, 0.2) is 0 Å². The number of hydrogen-bond donors (Lipinski definition) is 3. The molecule has 0 spiro atoms. The van der Waals surface area contributed by atoms with Gasteiger partial charge in [-0.1, -0.05) is 0 Å². The Bertz CT molecular complexity index is 398. The average molecular weight is 250 g/mol. The van der Waals surface area contributed by atoms with Crippen molar-refractivity contribution in [3.63, 3.8) is 0 Å². The maximum atomic E-state index is 8.87. The highest BCUT2D eigenvalue weighted by atomic mass is 16.3. The molecule has 0 atom stereocenters. The van der Waals surface area contributed by atoms with Crippen LogP contribution in [0.1, 0.15) is 5.69 Å². The smallest absolute Gasteiger partial charge is 0.147 e. The Labute approximate surface area is 106 Å². The van der Waals surface area contributed by atoms with Crippen LogP contribution in [0.2, 0.25) is 0 Å². The lowest BCUT2D eigenvalue weighted by molar-refractivity contribution is 0.188. The quantitative estimate of drug-likeness (QED) is 0.462. The lowest BCUT2D eigenvalue weighted by Crippen LogP contribution is -2.47. The van der Waals surface area contributed by atoms with Gasteiger partial charge in [-0.05, 0) is 0 Å². The van der Waals surface area contributed by atoms with Crippen molar-refractivity contribution in [1.29, 1.82) is 5.41 Å². The van der Waals surface area contributed by atoms with Crippen molar-refractivity contribution in [3.05, 3.63) is 18.1 Å². The third kappa shape index (κ3) is 2.93. The van der Waals surface area contributed by atoms with E-state index in [0.717, 1.165) is 38.5 Å². The highest BCUT2D eigenvalue weighted by Crippen LogP contribution is 2.11. The number of hydrogen-bond acceptors (Lipinski definition) is 6. The van der Waals surface area contributed by atoms with Crippen LogP contribution in [0.15, 0.2) is 12.4 Å². The minimum absolute atomic E-state index is 0.0678. The Kier molecular flexibility index (Phi) is 4.06. The molecule has 1 saturated heterocycles. The van der Waals surface area contributed by atoms with E-state index in [2.05, 4.69) is 19.8 Å². The van der Waals surface area contributed by atoms with E-state index < -0.39 is 0 Å². The zero-order chi connectivity index (χ0) is 13.0. The summed E-state index contributed by atoms with van der Waals surface area (Å²) in [5.41, 5.74) is 5.73. The zero-order valence-corrected chi connectivity index (χ0v) is 10.2. The third-order valence-corrected chi connectivity index (χ3v) is 3.03. The van der Waals surface area contributed by atoms with Crippen molar-refractivity contribution in [2.75, 3.05) is 44.2 Å². The molecule has 0 aliphatic carbocycles. The van der Waals surface area contributed by atoms with Gasteiger partial charge in [-0.15, -0.1) is 0 Å². The number of nitrogen functional groups attached to an aromatic ring is 1. The minimum atomic E-state index is -0.0678. The Morgan fingerprint density at radius 3 is 2.50 bits per heavy atom. The van der Waals surface area contributed by atoms with Crippen LogP contribution in [0.4, 0.5) is 5.82 Å². The summed E-state index contributed by atoms with van der Waals surface area (Å²) in [4.78, 5) is 12.7. The largest absolute Gasteiger partial charge is 0.395 e. The fraction of sp³-hybridized carbons (Fsp3) is 0.545. The molecule has 0 bridgehead atoms. The van der Waals surface area contributed by atoms with Crippen LogP contribution in [0.25, 0.3) is 0 Å². The molecule has 0 saturated carbocycles. The second-order valence-corrected chi connectivity index (χ2v) is 4.23. The molecule has 7 heteroatoms. The van der Waals surface area contributed by atoms with Gasteiger partial charge in [0.05, 0.1) is 19.0 Å². The topological polar surface area (TPSA) is 102 Å². The van der Waals surface area contributed by atoms with Crippen molar-refractivity contribution >= 4 is 11.7 Å². The van der Waals surface area contributed by atoms with Crippen molar-refractivity contribution in [3.8, 4) is 0 Å². The molecule has 18 heavy (non-hydrogen) atoms. The number of aromatic nitrogens is 2. The summed E-state index contributed by atoms with van der Waals surface area (Å²) in [7, 11) is 0. The van der Waals surface area contributed by atoms with Crippen molar-refractivity contribution in [1.82, 2.24) is 14.9 Å². The van der Waals surface area contributed by atoms with Gasteiger partial charge < -0.3 is 15.7 Å². The summed E-state index contributed by atoms with van der Waals surface area (Å²) in [6.45, 7) is 4.49. The molecule has 0 aromatic carbocycles. The first-order chi connectivity index (χ1) is 8.70. The van der Waals surface area contributed by atoms with E-state index in [-0.39, 0.29) is 12.4 Å². The van der Waals surface area contributed by atoms with E-state index in [9.17, 15) is 0 Å². The van der Waals surface area contributed by atoms with Gasteiger partial charge in [0.25, 0.3) is 0 Å². The fourth-order valence-electron chi connectivity index (χ4n) is 1.97. The average Bonchev–Trinajstić information content (AvgIpc) is 2.40. The normalized spacial score (nSPS) is 16.8. The summed E-state index contributed by atoms with van der Waals surface area (Å²) in [6, 6.07) is 0. The summed E-state index contributed by atoms with van der Waals surface area (Å²) in [6.07, 6.45) is 3.18. The van der Waals surface area contributed by atoms with E-state index in [0.29, 0.717) is 5.69 Å². The number of nitrogens with two attached hydrogens (primary N) is 1. The molecule has 0 radical (unpaired) electrons. The standard InChI is InChI=1S/C11H18N6O/c12-11(13)9-7-15-10(8-14-9)17-3-1-16(2-4-17)5-6-18/h7-8,18H,1-6H2,(H3,12,13). The Hall–Kier alpha value is -1.73. The van der Waals surface area contributed by atoms with Gasteiger partial charge in [0.1, 0.15) is 17.3 Å². The lowest BCUT2D eigenvalue weighted by Gasteiger charge is -2.34. The lowest BCUT2D eigenvalue weighted by atomic mass is 10.3. The van der Waals surface area contributed by atoms with Gasteiger partial charge in [-0.25, -0.2) is 9.97 Å². The van der Waals surface area contributed by atoms with Crippen LogP contribution in [0.3, 0.4) is 0 Å². The summed E-state index contributed by atoms with van der Waals surface area (Å²) in [5.74, 6) is 0.741. The SMILES string of the molecule is N=C(N)c1cnc(N2CCN(CCO)CC2)cn1. The van der Waals surface area contributed by atoms with Gasteiger partial charge >= 0.3 is 0 Å². The molecule has 0 unspecified atom stereocenters. The molecule has 98 valence electrons. The minimum Gasteiger partial charge on any atom is -0.395 e. The second kappa shape index (κ2) is 5.74. The van der Waals surface area contributed by atoms with E-state index in [1.165, 1.54) is 6.20 Å². The first-order valence-corrected chi connectivity index (χ1v) is 5.95. The Morgan fingerprint density at radius 2 is 2.00 bits per heavy atom. The molecular formula is C11H18N6O. The molecule has 1 fully saturated rings. The number of nitrogens with zero attached hydrogens (tertiary/aromatic N) is 4. The van der Waals surface area contributed by atoms with Crippen LogP contribution in [-0.2, 0) is 0 Å². The Morgan fingerprint density at radius 1 is 1.28 bits per heavy atom. The van der Waals surface area contributed by atoms with Crippen molar-refractivity contribution in [2.45, 2.75) is 0 Å². The zero-order valence-electron chi connectivity index (χ0n) is 10.2. The molecule has 0 amide bonds. The highest BCUT2D eigenvalue weighted by molar-refractivity contribution is 5.92. The van der Waals surface area contributed by atoms with Crippen LogP contribution >= 0.6 is 0 Å². The maximum absolute atomic E-state index is 8.87. The number of aliphatic hydroxyl groups is 1. The molecule has 7 nitrogen and oxygen atoms in total. The third-order valence-electron chi connectivity index (χ3n) is 3.03. The monoisotopic (exact) mass is 250 g/mol. The summed E-state index contributed by atoms with van der Waals surface area (Å²) in [5, 5.41) is 16.1. The van der Waals surface area contributed by atoms with Crippen LogP contribution < -0.4 is 10.6 Å². The number of piperazine rings is 1. The molecule has 1 aromatic heterocycles. The molecule has 1 aromatic rings. The van der Waals surface area contributed by atoms with Gasteiger partial charge in [0.2, 0.25) is 0 Å². The molecular weight excluding hydrogens is 232 g/mol. The number of amidine groups is 1. The van der Waals surface area contributed by atoms with Crippen molar-refractivity contribution in [2.24, 2.45) is 5.73 Å². The number of rotatable bonds is 4. The first-order valence-electron chi connectivity index (χ1n) is 5.95. The molecule has 1 aliphatic heterocycles. The van der Waals surface area contributed by atoms with Gasteiger partial charge in [-0.3, -0.25) is 10.3 Å². The maximum Gasteiger partial charge on any atom is 0.147 e. The number of aliphatic hydroxyl groups excluding tert-OH is 1. The van der Waals surface area contributed by atoms with Crippen molar-refractivity contribution < 1.29 is 5.11 Å². The van der Waals surface area contributed by atoms with E-state index in [1.54, 1.807) is 6.20 Å². The van der Waals surface area contributed by atoms with Crippen LogP contribution in [0.5, 0.6) is 0 Å². The molecule has 2 heterocycles. The summed E-state index contributed by atoms with van der Waals surface area (Å²) >= 11 is 0. The second-order valence-electron chi connectivity index (χ2n) is 4.23. The number of nitrogens with one attached hydrogen (secondary N) is 1. The van der Waals surface area contributed by atoms with E-state index in [1.807, 2.05) is 0 Å². The first kappa shape index (κ1) is 12.7. The van der Waals surface area contributed by atoms with Crippen LogP contribution in [-0.4, -0.2) is 65.1 Å². The summed E-state index contributed by atoms with van der Waals surface area (Å²) < 4.78 is 0. The van der Waals surface area contributed by atoms with Gasteiger partial charge in [0, 0.05) is 32.7 Å².